The van der Waals surface area contributed by atoms with Gasteiger partial charge in [0.15, 0.2) is 0 Å². The zero-order valence-electron chi connectivity index (χ0n) is 11.6. The van der Waals surface area contributed by atoms with Crippen molar-refractivity contribution in [3.63, 3.8) is 0 Å². The lowest BCUT2D eigenvalue weighted by molar-refractivity contribution is 0.350. The molecule has 1 fully saturated rings. The quantitative estimate of drug-likeness (QED) is 0.660. The molecule has 0 N–H and O–H groups in total. The lowest BCUT2D eigenvalue weighted by atomic mass is 9.87. The highest BCUT2D eigenvalue weighted by Crippen LogP contribution is 2.60. The van der Waals surface area contributed by atoms with Crippen LogP contribution in [-0.4, -0.2) is 23.0 Å². The molecule has 0 spiro atoms. The van der Waals surface area contributed by atoms with Crippen molar-refractivity contribution in [2.45, 2.75) is 58.1 Å². The predicted molar refractivity (Wildman–Crippen MR) is 75.2 cm³/mol. The summed E-state index contributed by atoms with van der Waals surface area (Å²) < 4.78 is 0.618. The first-order valence-corrected chi connectivity index (χ1v) is 9.07. The summed E-state index contributed by atoms with van der Waals surface area (Å²) in [5.74, 6) is 3.40. The normalized spacial score (nSPS) is 31.5. The molecule has 15 heavy (non-hydrogen) atoms. The predicted octanol–water partition coefficient (Wildman–Crippen LogP) is 4.68. The van der Waals surface area contributed by atoms with Crippen LogP contribution in [0.15, 0.2) is 0 Å². The fourth-order valence-electron chi connectivity index (χ4n) is 2.58. The van der Waals surface area contributed by atoms with Gasteiger partial charge in [0, 0.05) is 0 Å². The van der Waals surface area contributed by atoms with Crippen LogP contribution in [0.1, 0.15) is 53.4 Å². The van der Waals surface area contributed by atoms with E-state index in [0.29, 0.717) is 4.75 Å². The third-order valence-corrected chi connectivity index (χ3v) is 8.88. The zero-order valence-corrected chi connectivity index (χ0v) is 12.4. The summed E-state index contributed by atoms with van der Waals surface area (Å²) in [5.41, 5.74) is 0. The van der Waals surface area contributed by atoms with E-state index in [1.807, 2.05) is 0 Å². The lowest BCUT2D eigenvalue weighted by Gasteiger charge is -2.53. The maximum absolute atomic E-state index is 2.53. The van der Waals surface area contributed by atoms with Crippen LogP contribution in [0, 0.1) is 11.8 Å². The molecule has 0 aromatic rings. The summed E-state index contributed by atoms with van der Waals surface area (Å²) in [4.78, 5) is 0. The van der Waals surface area contributed by atoms with E-state index < -0.39 is 0 Å². The van der Waals surface area contributed by atoms with E-state index in [4.69, 9.17) is 0 Å². The van der Waals surface area contributed by atoms with E-state index >= 15 is 0 Å². The van der Waals surface area contributed by atoms with Crippen molar-refractivity contribution in [1.29, 1.82) is 0 Å². The van der Waals surface area contributed by atoms with Gasteiger partial charge in [0.1, 0.15) is 0 Å². The highest BCUT2D eigenvalue weighted by Gasteiger charge is 2.38. The summed E-state index contributed by atoms with van der Waals surface area (Å²) in [7, 11) is -0.332. The smallest absolute Gasteiger partial charge is 0.00563 e. The fourth-order valence-corrected chi connectivity index (χ4v) is 4.74. The number of hydrogen-bond acceptors (Lipinski definition) is 0. The Bertz CT molecular complexity index is 201. The van der Waals surface area contributed by atoms with Crippen molar-refractivity contribution in [1.82, 2.24) is 0 Å². The Labute approximate surface area is 98.5 Å². The van der Waals surface area contributed by atoms with Gasteiger partial charge in [-0.1, -0.05) is 40.5 Å². The standard InChI is InChI=1S/C14H30S/c1-12(2)7-8-13-9-10-15(5,6)14(3,4)11-13/h12-13H,7-11H2,1-6H3. The van der Waals surface area contributed by atoms with Gasteiger partial charge < -0.3 is 0 Å². The highest BCUT2D eigenvalue weighted by molar-refractivity contribution is 8.33. The van der Waals surface area contributed by atoms with E-state index in [9.17, 15) is 0 Å². The van der Waals surface area contributed by atoms with Gasteiger partial charge in [0.05, 0.1) is 0 Å². The fraction of sp³-hybridized carbons (Fsp3) is 1.00. The summed E-state index contributed by atoms with van der Waals surface area (Å²) in [6, 6.07) is 0. The van der Waals surface area contributed by atoms with Crippen molar-refractivity contribution in [3.8, 4) is 0 Å². The minimum atomic E-state index is -0.332. The van der Waals surface area contributed by atoms with Crippen LogP contribution in [0.4, 0.5) is 0 Å². The van der Waals surface area contributed by atoms with Crippen LogP contribution in [0.3, 0.4) is 0 Å². The van der Waals surface area contributed by atoms with Crippen molar-refractivity contribution in [3.05, 3.63) is 0 Å². The van der Waals surface area contributed by atoms with Gasteiger partial charge in [-0.15, -0.1) is 0 Å². The summed E-state index contributed by atoms with van der Waals surface area (Å²) in [5, 5.41) is 0. The van der Waals surface area contributed by atoms with E-state index in [0.717, 1.165) is 11.8 Å². The first-order valence-electron chi connectivity index (χ1n) is 6.45. The topological polar surface area (TPSA) is 0 Å². The Morgan fingerprint density at radius 3 is 2.33 bits per heavy atom. The van der Waals surface area contributed by atoms with Gasteiger partial charge >= 0.3 is 0 Å². The lowest BCUT2D eigenvalue weighted by Crippen LogP contribution is -2.37. The Morgan fingerprint density at radius 1 is 1.27 bits per heavy atom. The molecule has 0 radical (unpaired) electrons. The largest absolute Gasteiger partial charge is 0.242 e. The van der Waals surface area contributed by atoms with Crippen LogP contribution in [0.5, 0.6) is 0 Å². The molecule has 0 nitrogen and oxygen atoms in total. The molecular weight excluding hydrogens is 200 g/mol. The van der Waals surface area contributed by atoms with E-state index in [1.54, 1.807) is 0 Å². The molecule has 1 atom stereocenters. The van der Waals surface area contributed by atoms with E-state index in [1.165, 1.54) is 31.4 Å². The first kappa shape index (κ1) is 13.4. The van der Waals surface area contributed by atoms with Crippen molar-refractivity contribution in [2.75, 3.05) is 18.3 Å². The van der Waals surface area contributed by atoms with Gasteiger partial charge in [-0.05, 0) is 47.7 Å². The van der Waals surface area contributed by atoms with Crippen molar-refractivity contribution >= 4 is 10.0 Å². The Hall–Kier alpha value is 0.350. The molecule has 0 saturated carbocycles. The molecule has 1 aliphatic heterocycles. The van der Waals surface area contributed by atoms with Gasteiger partial charge in [0.25, 0.3) is 0 Å². The van der Waals surface area contributed by atoms with Gasteiger partial charge in [-0.2, -0.15) is 0 Å². The zero-order chi connectivity index (χ0) is 11.7. The van der Waals surface area contributed by atoms with Crippen LogP contribution in [0.2, 0.25) is 0 Å². The molecule has 1 aliphatic rings. The molecule has 1 unspecified atom stereocenters. The average Bonchev–Trinajstić information content (AvgIpc) is 2.07. The average molecular weight is 230 g/mol. The maximum atomic E-state index is 2.53. The maximum Gasteiger partial charge on any atom is -0.00563 e. The van der Waals surface area contributed by atoms with E-state index in [-0.39, 0.29) is 10.0 Å². The molecule has 1 rings (SSSR count). The van der Waals surface area contributed by atoms with Crippen LogP contribution in [0.25, 0.3) is 0 Å². The van der Waals surface area contributed by atoms with Crippen LogP contribution >= 0.6 is 10.0 Å². The second kappa shape index (κ2) is 4.69. The SMILES string of the molecule is CC(C)CCC1CCS(C)(C)C(C)(C)C1. The summed E-state index contributed by atoms with van der Waals surface area (Å²) >= 11 is 0. The Morgan fingerprint density at radius 2 is 1.87 bits per heavy atom. The summed E-state index contributed by atoms with van der Waals surface area (Å²) in [6.07, 6.45) is 10.9. The highest BCUT2D eigenvalue weighted by atomic mass is 32.3. The van der Waals surface area contributed by atoms with Gasteiger partial charge in [-0.3, -0.25) is 0 Å². The molecule has 1 heteroatoms. The van der Waals surface area contributed by atoms with Crippen molar-refractivity contribution < 1.29 is 0 Å². The minimum absolute atomic E-state index is 0.332. The Balaban J connectivity index is 2.48. The molecule has 1 saturated heterocycles. The van der Waals surface area contributed by atoms with Crippen LogP contribution < -0.4 is 0 Å². The molecule has 0 bridgehead atoms. The monoisotopic (exact) mass is 230 g/mol. The second-order valence-corrected chi connectivity index (χ2v) is 11.4. The van der Waals surface area contributed by atoms with Crippen molar-refractivity contribution in [2.24, 2.45) is 11.8 Å². The Kier molecular flexibility index (Phi) is 4.20. The third kappa shape index (κ3) is 3.41. The number of rotatable bonds is 3. The molecule has 0 aromatic heterocycles. The summed E-state index contributed by atoms with van der Waals surface area (Å²) in [6.45, 7) is 9.71. The molecule has 92 valence electrons. The number of hydrogen-bond donors (Lipinski definition) is 0. The van der Waals surface area contributed by atoms with Gasteiger partial charge in [-0.25, -0.2) is 10.0 Å². The molecule has 0 amide bonds. The molecule has 0 aliphatic carbocycles. The molecular formula is C14H30S. The molecule has 1 heterocycles. The third-order valence-electron chi connectivity index (χ3n) is 4.46. The molecule has 0 aromatic carbocycles. The second-order valence-electron chi connectivity index (χ2n) is 6.83. The first-order chi connectivity index (χ1) is 6.74. The minimum Gasteiger partial charge on any atom is -0.242 e. The van der Waals surface area contributed by atoms with Gasteiger partial charge in [0.2, 0.25) is 0 Å². The van der Waals surface area contributed by atoms with E-state index in [2.05, 4.69) is 40.2 Å². The van der Waals surface area contributed by atoms with Crippen LogP contribution in [-0.2, 0) is 0 Å².